The molecule has 0 radical (unpaired) electrons. The number of ether oxygens (including phenoxy) is 2. The van der Waals surface area contributed by atoms with Gasteiger partial charge >= 0.3 is 5.97 Å². The minimum absolute atomic E-state index is 0.166. The molecule has 1 unspecified atom stereocenters. The van der Waals surface area contributed by atoms with Crippen LogP contribution in [0, 0.1) is 5.92 Å². The Balaban J connectivity index is 1.80. The van der Waals surface area contributed by atoms with Gasteiger partial charge in [0.1, 0.15) is 0 Å². The number of nitrogen functional groups attached to an aromatic ring is 1. The molecule has 4 rings (SSSR count). The van der Waals surface area contributed by atoms with E-state index >= 15 is 0 Å². The van der Waals surface area contributed by atoms with Crippen molar-refractivity contribution in [1.29, 1.82) is 0 Å². The molecule has 1 aliphatic heterocycles. The largest absolute Gasteiger partial charge is 0.469 e. The quantitative estimate of drug-likeness (QED) is 0.471. The van der Waals surface area contributed by atoms with Gasteiger partial charge in [0.15, 0.2) is 11.0 Å². The van der Waals surface area contributed by atoms with Crippen molar-refractivity contribution in [3.8, 4) is 11.4 Å². The molecule has 0 fully saturated rings. The highest BCUT2D eigenvalue weighted by Crippen LogP contribution is 2.38. The molecule has 0 bridgehead atoms. The van der Waals surface area contributed by atoms with Crippen molar-refractivity contribution in [2.75, 3.05) is 18.6 Å². The van der Waals surface area contributed by atoms with E-state index in [-0.39, 0.29) is 17.8 Å². The first kappa shape index (κ1) is 20.6. The highest BCUT2D eigenvalue weighted by molar-refractivity contribution is 7.99. The van der Waals surface area contributed by atoms with Crippen LogP contribution in [0.2, 0.25) is 0 Å². The third-order valence-electron chi connectivity index (χ3n) is 5.23. The van der Waals surface area contributed by atoms with Crippen molar-refractivity contribution in [3.63, 3.8) is 0 Å². The first-order valence-electron chi connectivity index (χ1n) is 9.88. The second-order valence-electron chi connectivity index (χ2n) is 7.29. The van der Waals surface area contributed by atoms with E-state index in [0.717, 1.165) is 22.9 Å². The second kappa shape index (κ2) is 8.57. The third kappa shape index (κ3) is 3.85. The standard InChI is InChI=1S/C22H24N4O3S/c1-4-13-8-15-10-29-9-14-6-5-7-16(17(14)15)18(13)19-24-21(23)26-22(25-19)30-11-12(2)20(27)28-3/h5-8,12H,4,9-11H2,1-3H3,(H2,23,24,25,26). The van der Waals surface area contributed by atoms with Crippen molar-refractivity contribution in [1.82, 2.24) is 15.0 Å². The van der Waals surface area contributed by atoms with E-state index in [0.29, 0.717) is 29.9 Å². The Kier molecular flexibility index (Phi) is 5.87. The maximum atomic E-state index is 11.7. The van der Waals surface area contributed by atoms with E-state index in [4.69, 9.17) is 20.2 Å². The Hall–Kier alpha value is -2.71. The van der Waals surface area contributed by atoms with Gasteiger partial charge in [-0.25, -0.2) is 4.98 Å². The van der Waals surface area contributed by atoms with Gasteiger partial charge in [-0.2, -0.15) is 9.97 Å². The molecule has 1 atom stereocenters. The summed E-state index contributed by atoms with van der Waals surface area (Å²) in [4.78, 5) is 25.1. The Morgan fingerprint density at radius 1 is 1.27 bits per heavy atom. The summed E-state index contributed by atoms with van der Waals surface area (Å²) in [7, 11) is 1.39. The number of aromatic nitrogens is 3. The number of benzene rings is 2. The first-order valence-corrected chi connectivity index (χ1v) is 10.9. The van der Waals surface area contributed by atoms with Gasteiger partial charge in [-0.15, -0.1) is 0 Å². The van der Waals surface area contributed by atoms with Crippen LogP contribution in [0.3, 0.4) is 0 Å². The van der Waals surface area contributed by atoms with Crippen LogP contribution < -0.4 is 5.73 Å². The zero-order valence-electron chi connectivity index (χ0n) is 17.3. The van der Waals surface area contributed by atoms with Crippen LogP contribution in [-0.4, -0.2) is 33.8 Å². The zero-order valence-corrected chi connectivity index (χ0v) is 18.1. The summed E-state index contributed by atoms with van der Waals surface area (Å²) in [5, 5.41) is 2.82. The van der Waals surface area contributed by atoms with Crippen LogP contribution in [0.5, 0.6) is 0 Å². The number of carbonyl (C=O) groups is 1. The maximum absolute atomic E-state index is 11.7. The Morgan fingerprint density at radius 3 is 2.83 bits per heavy atom. The van der Waals surface area contributed by atoms with Gasteiger partial charge in [0, 0.05) is 11.3 Å². The number of esters is 1. The summed E-state index contributed by atoms with van der Waals surface area (Å²) in [5.74, 6) is 0.691. The lowest BCUT2D eigenvalue weighted by molar-refractivity contribution is -0.143. The number of hydrogen-bond donors (Lipinski definition) is 1. The van der Waals surface area contributed by atoms with Crippen LogP contribution in [0.25, 0.3) is 22.2 Å². The highest BCUT2D eigenvalue weighted by atomic mass is 32.2. The summed E-state index contributed by atoms with van der Waals surface area (Å²) in [6, 6.07) is 8.43. The van der Waals surface area contributed by atoms with Crippen LogP contribution in [0.15, 0.2) is 29.4 Å². The summed E-state index contributed by atoms with van der Waals surface area (Å²) in [5.41, 5.74) is 10.5. The Morgan fingerprint density at radius 2 is 2.07 bits per heavy atom. The van der Waals surface area contributed by atoms with Gasteiger partial charge in [0.25, 0.3) is 0 Å². The molecule has 0 amide bonds. The predicted octanol–water partition coefficient (Wildman–Crippen LogP) is 3.77. The number of nitrogens with two attached hydrogens (primary N) is 1. The van der Waals surface area contributed by atoms with Crippen LogP contribution in [0.4, 0.5) is 5.95 Å². The van der Waals surface area contributed by atoms with Crippen molar-refractivity contribution < 1.29 is 14.3 Å². The number of thioether (sulfide) groups is 1. The Labute approximate surface area is 179 Å². The molecule has 8 heteroatoms. The van der Waals surface area contributed by atoms with E-state index in [1.807, 2.05) is 13.0 Å². The molecule has 1 aromatic heterocycles. The topological polar surface area (TPSA) is 100 Å². The Bertz CT molecular complexity index is 1120. The van der Waals surface area contributed by atoms with Gasteiger partial charge in [0.05, 0.1) is 26.2 Å². The molecule has 2 N–H and O–H groups in total. The third-order valence-corrected chi connectivity index (χ3v) is 6.34. The SMILES string of the molecule is CCc1cc2c3c(cccc3c1-c1nc(N)nc(SCC(C)C(=O)OC)n1)COC2. The molecule has 0 spiro atoms. The van der Waals surface area contributed by atoms with Crippen LogP contribution in [-0.2, 0) is 33.9 Å². The molecule has 2 aromatic carbocycles. The summed E-state index contributed by atoms with van der Waals surface area (Å²) < 4.78 is 10.5. The number of aryl methyl sites for hydroxylation is 1. The minimum atomic E-state index is -0.270. The summed E-state index contributed by atoms with van der Waals surface area (Å²) >= 11 is 1.37. The number of hydrogen-bond acceptors (Lipinski definition) is 8. The maximum Gasteiger partial charge on any atom is 0.309 e. The predicted molar refractivity (Wildman–Crippen MR) is 117 cm³/mol. The lowest BCUT2D eigenvalue weighted by atomic mass is 9.89. The lowest BCUT2D eigenvalue weighted by Crippen LogP contribution is -2.15. The molecule has 156 valence electrons. The fraction of sp³-hybridized carbons (Fsp3) is 0.364. The van der Waals surface area contributed by atoms with Gasteiger partial charge in [0.2, 0.25) is 5.95 Å². The van der Waals surface area contributed by atoms with E-state index in [1.165, 1.54) is 35.4 Å². The number of nitrogens with zero attached hydrogens (tertiary/aromatic N) is 3. The lowest BCUT2D eigenvalue weighted by Gasteiger charge is -2.22. The van der Waals surface area contributed by atoms with E-state index in [1.54, 1.807) is 0 Å². The molecule has 3 aromatic rings. The van der Waals surface area contributed by atoms with Crippen molar-refractivity contribution in [2.24, 2.45) is 5.92 Å². The number of carbonyl (C=O) groups excluding carboxylic acids is 1. The molecule has 2 heterocycles. The molecule has 7 nitrogen and oxygen atoms in total. The summed E-state index contributed by atoms with van der Waals surface area (Å²) in [6.07, 6.45) is 0.829. The van der Waals surface area contributed by atoms with Crippen molar-refractivity contribution in [2.45, 2.75) is 38.6 Å². The molecule has 0 aliphatic carbocycles. The second-order valence-corrected chi connectivity index (χ2v) is 8.28. The number of anilines is 1. The molecule has 30 heavy (non-hydrogen) atoms. The molecular formula is C22H24N4O3S. The first-order chi connectivity index (χ1) is 14.5. The average Bonchev–Trinajstić information content (AvgIpc) is 2.76. The molecule has 0 saturated heterocycles. The average molecular weight is 425 g/mol. The number of methoxy groups -OCH3 is 1. The number of rotatable bonds is 6. The normalized spacial score (nSPS) is 14.0. The molecular weight excluding hydrogens is 400 g/mol. The van der Waals surface area contributed by atoms with Gasteiger partial charge in [-0.05, 0) is 33.9 Å². The monoisotopic (exact) mass is 424 g/mol. The van der Waals surface area contributed by atoms with Crippen LogP contribution >= 0.6 is 11.8 Å². The van der Waals surface area contributed by atoms with Gasteiger partial charge < -0.3 is 15.2 Å². The van der Waals surface area contributed by atoms with Crippen LogP contribution in [0.1, 0.15) is 30.5 Å². The van der Waals surface area contributed by atoms with Crippen molar-refractivity contribution in [3.05, 3.63) is 41.0 Å². The smallest absolute Gasteiger partial charge is 0.309 e. The fourth-order valence-corrected chi connectivity index (χ4v) is 4.62. The summed E-state index contributed by atoms with van der Waals surface area (Å²) in [6.45, 7) is 5.13. The molecule has 1 aliphatic rings. The fourth-order valence-electron chi connectivity index (χ4n) is 3.78. The van der Waals surface area contributed by atoms with E-state index in [2.05, 4.69) is 35.1 Å². The van der Waals surface area contributed by atoms with Gasteiger partial charge in [-0.3, -0.25) is 4.79 Å². The minimum Gasteiger partial charge on any atom is -0.469 e. The van der Waals surface area contributed by atoms with Crippen molar-refractivity contribution >= 4 is 34.5 Å². The van der Waals surface area contributed by atoms with E-state index in [9.17, 15) is 4.79 Å². The zero-order chi connectivity index (χ0) is 21.3. The van der Waals surface area contributed by atoms with Gasteiger partial charge in [-0.1, -0.05) is 49.9 Å². The highest BCUT2D eigenvalue weighted by Gasteiger charge is 2.21. The van der Waals surface area contributed by atoms with E-state index < -0.39 is 0 Å². The molecule has 0 saturated carbocycles.